The van der Waals surface area contributed by atoms with E-state index in [-0.39, 0.29) is 34.7 Å². The van der Waals surface area contributed by atoms with Gasteiger partial charge in [-0.1, -0.05) is 44.2 Å². The minimum atomic E-state index is -0.283. The molecule has 0 heterocycles. The summed E-state index contributed by atoms with van der Waals surface area (Å²) in [4.78, 5) is 25.4. The SMILES string of the molecule is C[C@]12CC[C@@H](O)CC1CCC1C2C[C@H](O)[C@@]2(C)C1CC[C@@H]2CCCC(=O)Nc1ccc(C(=O)c2ccccc2)cc1. The molecule has 4 aliphatic carbocycles. The molecule has 4 unspecified atom stereocenters. The Kier molecular flexibility index (Phi) is 7.88. The topological polar surface area (TPSA) is 86.6 Å². The van der Waals surface area contributed by atoms with Crippen molar-refractivity contribution in [1.29, 1.82) is 0 Å². The molecule has 9 atom stereocenters. The Hall–Kier alpha value is -2.50. The number of nitrogens with one attached hydrogen (secondary N) is 1. The van der Waals surface area contributed by atoms with Gasteiger partial charge in [-0.25, -0.2) is 0 Å². The van der Waals surface area contributed by atoms with Crippen molar-refractivity contribution in [3.63, 3.8) is 0 Å². The number of fused-ring (bicyclic) bond motifs is 5. The summed E-state index contributed by atoms with van der Waals surface area (Å²) in [5, 5.41) is 25.0. The second kappa shape index (κ2) is 11.3. The van der Waals surface area contributed by atoms with E-state index in [0.717, 1.165) is 44.9 Å². The number of aliphatic hydroxyl groups excluding tert-OH is 2. The number of ketones is 1. The zero-order valence-electron chi connectivity index (χ0n) is 24.7. The summed E-state index contributed by atoms with van der Waals surface area (Å²) in [7, 11) is 0. The van der Waals surface area contributed by atoms with Crippen LogP contribution in [0.2, 0.25) is 0 Å². The van der Waals surface area contributed by atoms with Gasteiger partial charge < -0.3 is 15.5 Å². The molecule has 5 heteroatoms. The summed E-state index contributed by atoms with van der Waals surface area (Å²) in [6.45, 7) is 4.82. The smallest absolute Gasteiger partial charge is 0.224 e. The number of anilines is 1. The van der Waals surface area contributed by atoms with Gasteiger partial charge >= 0.3 is 0 Å². The predicted molar refractivity (Wildman–Crippen MR) is 161 cm³/mol. The molecule has 4 saturated carbocycles. The third-order valence-corrected chi connectivity index (χ3v) is 12.4. The molecule has 2 aromatic rings. The first-order valence-electron chi connectivity index (χ1n) is 16.1. The first-order chi connectivity index (χ1) is 19.7. The van der Waals surface area contributed by atoms with Crippen molar-refractivity contribution < 1.29 is 19.8 Å². The van der Waals surface area contributed by atoms with Crippen molar-refractivity contribution in [3.8, 4) is 0 Å². The van der Waals surface area contributed by atoms with Gasteiger partial charge in [0.15, 0.2) is 5.78 Å². The molecule has 4 fully saturated rings. The molecular weight excluding hydrogens is 510 g/mol. The lowest BCUT2D eigenvalue weighted by Gasteiger charge is -2.62. The number of hydrogen-bond donors (Lipinski definition) is 3. The average molecular weight is 558 g/mol. The molecule has 2 aromatic carbocycles. The van der Waals surface area contributed by atoms with E-state index in [1.165, 1.54) is 19.3 Å². The number of carbonyl (C=O) groups excluding carboxylic acids is 2. The number of aliphatic hydroxyl groups is 2. The van der Waals surface area contributed by atoms with Crippen LogP contribution in [0.3, 0.4) is 0 Å². The fourth-order valence-electron chi connectivity index (χ4n) is 9.99. The van der Waals surface area contributed by atoms with E-state index >= 15 is 0 Å². The molecule has 0 saturated heterocycles. The van der Waals surface area contributed by atoms with Crippen LogP contribution < -0.4 is 5.32 Å². The van der Waals surface area contributed by atoms with E-state index in [1.807, 2.05) is 30.3 Å². The van der Waals surface area contributed by atoms with Gasteiger partial charge in [-0.15, -0.1) is 0 Å². The molecule has 0 radical (unpaired) electrons. The lowest BCUT2D eigenvalue weighted by molar-refractivity contribution is -0.171. The third kappa shape index (κ3) is 5.18. The quantitative estimate of drug-likeness (QED) is 0.320. The first kappa shape index (κ1) is 28.6. The normalized spacial score (nSPS) is 37.9. The van der Waals surface area contributed by atoms with E-state index in [4.69, 9.17) is 0 Å². The lowest BCUT2D eigenvalue weighted by atomic mass is 9.44. The molecule has 0 bridgehead atoms. The maximum Gasteiger partial charge on any atom is 0.224 e. The van der Waals surface area contributed by atoms with Crippen LogP contribution >= 0.6 is 0 Å². The Balaban J connectivity index is 1.03. The van der Waals surface area contributed by atoms with Crippen LogP contribution in [0.25, 0.3) is 0 Å². The number of hydrogen-bond acceptors (Lipinski definition) is 4. The summed E-state index contributed by atoms with van der Waals surface area (Å²) >= 11 is 0. The molecular formula is C36H47NO4. The zero-order valence-corrected chi connectivity index (χ0v) is 24.7. The van der Waals surface area contributed by atoms with E-state index in [0.29, 0.717) is 52.8 Å². The minimum absolute atomic E-state index is 0.00169. The van der Waals surface area contributed by atoms with Gasteiger partial charge in [-0.2, -0.15) is 0 Å². The Morgan fingerprint density at radius 2 is 1.59 bits per heavy atom. The monoisotopic (exact) mass is 557 g/mol. The highest BCUT2D eigenvalue weighted by Gasteiger charge is 2.63. The molecule has 0 spiro atoms. The highest BCUT2D eigenvalue weighted by molar-refractivity contribution is 6.09. The van der Waals surface area contributed by atoms with E-state index in [9.17, 15) is 19.8 Å². The van der Waals surface area contributed by atoms with Crippen molar-refractivity contribution >= 4 is 17.4 Å². The highest BCUT2D eigenvalue weighted by Crippen LogP contribution is 2.67. The van der Waals surface area contributed by atoms with Crippen LogP contribution in [0, 0.1) is 40.4 Å². The first-order valence-corrected chi connectivity index (χ1v) is 16.1. The van der Waals surface area contributed by atoms with Gasteiger partial charge in [0.1, 0.15) is 0 Å². The van der Waals surface area contributed by atoms with Crippen molar-refractivity contribution in [2.24, 2.45) is 40.4 Å². The summed E-state index contributed by atoms with van der Waals surface area (Å²) < 4.78 is 0. The van der Waals surface area contributed by atoms with Crippen LogP contribution in [0.15, 0.2) is 54.6 Å². The Bertz CT molecular complexity index is 1240. The molecule has 41 heavy (non-hydrogen) atoms. The third-order valence-electron chi connectivity index (χ3n) is 12.4. The summed E-state index contributed by atoms with van der Waals surface area (Å²) in [6.07, 6.45) is 10.5. The summed E-state index contributed by atoms with van der Waals surface area (Å²) in [6, 6.07) is 16.4. The number of carbonyl (C=O) groups is 2. The number of amides is 1. The fourth-order valence-corrected chi connectivity index (χ4v) is 9.99. The van der Waals surface area contributed by atoms with Crippen LogP contribution in [-0.2, 0) is 4.79 Å². The van der Waals surface area contributed by atoms with Gasteiger partial charge in [-0.05, 0) is 129 Å². The molecule has 0 aromatic heterocycles. The number of benzene rings is 2. The molecule has 4 aliphatic rings. The van der Waals surface area contributed by atoms with E-state index in [1.54, 1.807) is 24.3 Å². The second-order valence-corrected chi connectivity index (χ2v) is 14.2. The second-order valence-electron chi connectivity index (χ2n) is 14.2. The zero-order chi connectivity index (χ0) is 28.8. The van der Waals surface area contributed by atoms with Crippen LogP contribution in [0.5, 0.6) is 0 Å². The fraction of sp³-hybridized carbons (Fsp3) is 0.611. The molecule has 220 valence electrons. The van der Waals surface area contributed by atoms with Crippen LogP contribution in [0.4, 0.5) is 5.69 Å². The Morgan fingerprint density at radius 1 is 0.854 bits per heavy atom. The van der Waals surface area contributed by atoms with Gasteiger partial charge in [-0.3, -0.25) is 9.59 Å². The van der Waals surface area contributed by atoms with Crippen molar-refractivity contribution in [1.82, 2.24) is 0 Å². The summed E-state index contributed by atoms with van der Waals surface area (Å²) in [5.74, 6) is 2.85. The van der Waals surface area contributed by atoms with Crippen LogP contribution in [0.1, 0.15) is 100 Å². The lowest BCUT2D eigenvalue weighted by Crippen LogP contribution is -2.58. The Morgan fingerprint density at radius 3 is 2.34 bits per heavy atom. The summed E-state index contributed by atoms with van der Waals surface area (Å²) in [5.41, 5.74) is 2.17. The molecule has 1 amide bonds. The maximum atomic E-state index is 12.8. The Labute approximate surface area is 245 Å². The molecule has 5 nitrogen and oxygen atoms in total. The van der Waals surface area contributed by atoms with Gasteiger partial charge in [0.2, 0.25) is 5.91 Å². The largest absolute Gasteiger partial charge is 0.393 e. The van der Waals surface area contributed by atoms with Gasteiger partial charge in [0.25, 0.3) is 0 Å². The molecule has 0 aliphatic heterocycles. The van der Waals surface area contributed by atoms with Crippen LogP contribution in [-0.4, -0.2) is 34.1 Å². The van der Waals surface area contributed by atoms with Gasteiger partial charge in [0, 0.05) is 23.2 Å². The highest BCUT2D eigenvalue weighted by atomic mass is 16.3. The average Bonchev–Trinajstić information content (AvgIpc) is 3.32. The van der Waals surface area contributed by atoms with Crippen molar-refractivity contribution in [2.45, 2.75) is 96.7 Å². The van der Waals surface area contributed by atoms with E-state index < -0.39 is 0 Å². The number of rotatable bonds is 7. The molecule has 6 rings (SSSR count). The van der Waals surface area contributed by atoms with Crippen molar-refractivity contribution in [2.75, 3.05) is 5.32 Å². The van der Waals surface area contributed by atoms with E-state index in [2.05, 4.69) is 19.2 Å². The van der Waals surface area contributed by atoms with Crippen molar-refractivity contribution in [3.05, 3.63) is 65.7 Å². The maximum absolute atomic E-state index is 12.8. The van der Waals surface area contributed by atoms with Gasteiger partial charge in [0.05, 0.1) is 12.2 Å². The minimum Gasteiger partial charge on any atom is -0.393 e. The molecule has 3 N–H and O–H groups in total. The predicted octanol–water partition coefficient (Wildman–Crippen LogP) is 7.02. The standard InChI is InChI=1S/C36H47NO4/c1-35-20-19-28(38)21-26(35)13-17-29-30-18-14-25(36(30,2)32(39)22-31(29)35)9-6-10-33(40)37-27-15-11-24(12-16-27)34(41)23-7-4-3-5-8-23/h3-5,7-8,11-12,15-16,25-26,28-32,38-39H,6,9-10,13-14,17-22H2,1-2H3,(H,37,40)/t25-,26?,28+,29?,30?,31?,32-,35-,36+/m0/s1.